The number of carboxylic acid groups (broad SMARTS) is 1. The lowest BCUT2D eigenvalue weighted by Crippen LogP contribution is -2.18. The third-order valence-electron chi connectivity index (χ3n) is 3.46. The third-order valence-corrected chi connectivity index (χ3v) is 3.46. The molecule has 0 rings (SSSR count). The third kappa shape index (κ3) is 13.9. The zero-order valence-corrected chi connectivity index (χ0v) is 14.0. The number of carbonyl (C=O) groups is 2. The largest absolute Gasteiger partial charge is 0.481 e. The summed E-state index contributed by atoms with van der Waals surface area (Å²) >= 11 is 0. The van der Waals surface area contributed by atoms with Gasteiger partial charge in [0.1, 0.15) is 6.10 Å². The molecule has 0 unspecified atom stereocenters. The number of hydrogen-bond donors (Lipinski definition) is 3. The molecule has 0 bridgehead atoms. The summed E-state index contributed by atoms with van der Waals surface area (Å²) in [5.41, 5.74) is 0. The summed E-state index contributed by atoms with van der Waals surface area (Å²) in [4.78, 5) is 22.0. The number of aliphatic hydroxyl groups is 2. The minimum absolute atomic E-state index is 0.196. The minimum atomic E-state index is -1.02. The SMILES string of the molecule is CC/C=C\C[C@@H](O)/C=C/C(=O)[C@H](O)CCCCCCCC(=O)O. The first kappa shape index (κ1) is 21.5. The quantitative estimate of drug-likeness (QED) is 0.259. The monoisotopic (exact) mass is 326 g/mol. The predicted octanol–water partition coefficient (Wildman–Crippen LogP) is 3.01. The summed E-state index contributed by atoms with van der Waals surface area (Å²) in [5, 5.41) is 27.9. The molecule has 132 valence electrons. The molecule has 0 aromatic carbocycles. The number of aliphatic hydroxyl groups excluding tert-OH is 2. The van der Waals surface area contributed by atoms with E-state index in [2.05, 4.69) is 0 Å². The van der Waals surface area contributed by atoms with Crippen molar-refractivity contribution < 1.29 is 24.9 Å². The summed E-state index contributed by atoms with van der Waals surface area (Å²) in [6.07, 6.45) is 10.7. The molecular formula is C18H30O5. The average Bonchev–Trinajstić information content (AvgIpc) is 2.51. The van der Waals surface area contributed by atoms with Crippen molar-refractivity contribution in [1.82, 2.24) is 0 Å². The number of rotatable bonds is 14. The van der Waals surface area contributed by atoms with Crippen LogP contribution >= 0.6 is 0 Å². The highest BCUT2D eigenvalue weighted by Gasteiger charge is 2.11. The fraction of sp³-hybridized carbons (Fsp3) is 0.667. The number of allylic oxidation sites excluding steroid dienone is 1. The average molecular weight is 326 g/mol. The Morgan fingerprint density at radius 2 is 1.65 bits per heavy atom. The molecule has 0 saturated carbocycles. The normalized spacial score (nSPS) is 14.4. The second kappa shape index (κ2) is 14.2. The molecule has 0 heterocycles. The summed E-state index contributed by atoms with van der Waals surface area (Å²) in [5.74, 6) is -1.15. The van der Waals surface area contributed by atoms with Crippen LogP contribution in [-0.2, 0) is 9.59 Å². The maximum absolute atomic E-state index is 11.7. The van der Waals surface area contributed by atoms with Gasteiger partial charge in [0.05, 0.1) is 6.10 Å². The Kier molecular flexibility index (Phi) is 13.3. The van der Waals surface area contributed by atoms with E-state index in [1.807, 2.05) is 19.1 Å². The first-order chi connectivity index (χ1) is 11.0. The van der Waals surface area contributed by atoms with Gasteiger partial charge in [-0.1, -0.05) is 50.8 Å². The zero-order valence-electron chi connectivity index (χ0n) is 14.0. The van der Waals surface area contributed by atoms with Crippen molar-refractivity contribution in [2.45, 2.75) is 76.9 Å². The van der Waals surface area contributed by atoms with E-state index in [9.17, 15) is 19.8 Å². The van der Waals surface area contributed by atoms with Gasteiger partial charge in [0, 0.05) is 6.42 Å². The van der Waals surface area contributed by atoms with E-state index in [4.69, 9.17) is 5.11 Å². The Labute approximate surface area is 138 Å². The molecule has 0 aliphatic carbocycles. The second-order valence-corrected chi connectivity index (χ2v) is 5.66. The Morgan fingerprint density at radius 3 is 2.30 bits per heavy atom. The van der Waals surface area contributed by atoms with Gasteiger partial charge in [-0.3, -0.25) is 9.59 Å². The highest BCUT2D eigenvalue weighted by atomic mass is 16.4. The molecule has 2 atom stereocenters. The molecule has 0 aliphatic rings. The Morgan fingerprint density at radius 1 is 1.00 bits per heavy atom. The number of aliphatic carboxylic acids is 1. The first-order valence-electron chi connectivity index (χ1n) is 8.42. The Balaban J connectivity index is 3.76. The molecule has 5 nitrogen and oxygen atoms in total. The van der Waals surface area contributed by atoms with Crippen LogP contribution in [0, 0.1) is 0 Å². The van der Waals surface area contributed by atoms with Crippen molar-refractivity contribution in [3.8, 4) is 0 Å². The van der Waals surface area contributed by atoms with Gasteiger partial charge in [0.15, 0.2) is 5.78 Å². The van der Waals surface area contributed by atoms with Crippen LogP contribution in [0.5, 0.6) is 0 Å². The van der Waals surface area contributed by atoms with Crippen LogP contribution in [0.2, 0.25) is 0 Å². The molecule has 23 heavy (non-hydrogen) atoms. The Bertz CT molecular complexity index is 387. The predicted molar refractivity (Wildman–Crippen MR) is 90.2 cm³/mol. The number of carbonyl (C=O) groups excluding carboxylic acids is 1. The van der Waals surface area contributed by atoms with Gasteiger partial charge in [-0.25, -0.2) is 0 Å². The summed E-state index contributed by atoms with van der Waals surface area (Å²) in [6, 6.07) is 0. The van der Waals surface area contributed by atoms with Crippen LogP contribution in [0.15, 0.2) is 24.3 Å². The highest BCUT2D eigenvalue weighted by molar-refractivity contribution is 5.93. The van der Waals surface area contributed by atoms with Gasteiger partial charge < -0.3 is 15.3 Å². The smallest absolute Gasteiger partial charge is 0.303 e. The van der Waals surface area contributed by atoms with Crippen LogP contribution in [0.3, 0.4) is 0 Å². The van der Waals surface area contributed by atoms with Crippen molar-refractivity contribution in [2.75, 3.05) is 0 Å². The maximum atomic E-state index is 11.7. The van der Waals surface area contributed by atoms with E-state index in [1.165, 1.54) is 12.2 Å². The molecule has 0 fully saturated rings. The van der Waals surface area contributed by atoms with Crippen LogP contribution in [-0.4, -0.2) is 39.3 Å². The number of unbranched alkanes of at least 4 members (excludes halogenated alkanes) is 4. The molecule has 0 aromatic heterocycles. The summed E-state index contributed by atoms with van der Waals surface area (Å²) in [6.45, 7) is 2.00. The van der Waals surface area contributed by atoms with Gasteiger partial charge in [0.25, 0.3) is 0 Å². The van der Waals surface area contributed by atoms with Crippen LogP contribution < -0.4 is 0 Å². The zero-order chi connectivity index (χ0) is 17.5. The molecule has 0 radical (unpaired) electrons. The highest BCUT2D eigenvalue weighted by Crippen LogP contribution is 2.10. The van der Waals surface area contributed by atoms with Crippen molar-refractivity contribution in [2.24, 2.45) is 0 Å². The van der Waals surface area contributed by atoms with Gasteiger partial charge in [0.2, 0.25) is 0 Å². The van der Waals surface area contributed by atoms with Crippen LogP contribution in [0.25, 0.3) is 0 Å². The van der Waals surface area contributed by atoms with E-state index in [1.54, 1.807) is 0 Å². The molecule has 0 spiro atoms. The number of hydrogen-bond acceptors (Lipinski definition) is 4. The van der Waals surface area contributed by atoms with Gasteiger partial charge in [-0.2, -0.15) is 0 Å². The topological polar surface area (TPSA) is 94.8 Å². The first-order valence-corrected chi connectivity index (χ1v) is 8.42. The lowest BCUT2D eigenvalue weighted by atomic mass is 10.0. The second-order valence-electron chi connectivity index (χ2n) is 5.66. The molecule has 0 amide bonds. The molecule has 3 N–H and O–H groups in total. The minimum Gasteiger partial charge on any atom is -0.481 e. The summed E-state index contributed by atoms with van der Waals surface area (Å²) < 4.78 is 0. The van der Waals surface area contributed by atoms with Gasteiger partial charge in [-0.15, -0.1) is 0 Å². The Hall–Kier alpha value is -1.46. The van der Waals surface area contributed by atoms with E-state index >= 15 is 0 Å². The van der Waals surface area contributed by atoms with E-state index < -0.39 is 18.2 Å². The van der Waals surface area contributed by atoms with Crippen molar-refractivity contribution in [3.05, 3.63) is 24.3 Å². The van der Waals surface area contributed by atoms with E-state index in [-0.39, 0.29) is 12.2 Å². The molecule has 0 saturated heterocycles. The van der Waals surface area contributed by atoms with Crippen LogP contribution in [0.1, 0.15) is 64.7 Å². The van der Waals surface area contributed by atoms with E-state index in [0.29, 0.717) is 19.3 Å². The van der Waals surface area contributed by atoms with Gasteiger partial charge >= 0.3 is 5.97 Å². The standard InChI is InChI=1S/C18H30O5/c1-2-3-7-10-15(19)13-14-17(21)16(20)11-8-5-4-6-9-12-18(22)23/h3,7,13-16,19-20H,2,4-6,8-12H2,1H3,(H,22,23)/b7-3-,14-13+/t15-,16-/m1/s1. The van der Waals surface area contributed by atoms with Crippen LogP contribution in [0.4, 0.5) is 0 Å². The number of carboxylic acids is 1. The van der Waals surface area contributed by atoms with Crippen molar-refractivity contribution in [1.29, 1.82) is 0 Å². The van der Waals surface area contributed by atoms with E-state index in [0.717, 1.165) is 32.1 Å². The fourth-order valence-corrected chi connectivity index (χ4v) is 2.08. The molecule has 0 aliphatic heterocycles. The molecule has 0 aromatic rings. The lowest BCUT2D eigenvalue weighted by molar-refractivity contribution is -0.137. The fourth-order valence-electron chi connectivity index (χ4n) is 2.08. The molecular weight excluding hydrogens is 296 g/mol. The maximum Gasteiger partial charge on any atom is 0.303 e. The van der Waals surface area contributed by atoms with Gasteiger partial charge in [-0.05, 0) is 31.8 Å². The lowest BCUT2D eigenvalue weighted by Gasteiger charge is -2.07. The van der Waals surface area contributed by atoms with Crippen molar-refractivity contribution >= 4 is 11.8 Å². The summed E-state index contributed by atoms with van der Waals surface area (Å²) in [7, 11) is 0. The molecule has 5 heteroatoms. The number of ketones is 1. The van der Waals surface area contributed by atoms with Crippen molar-refractivity contribution in [3.63, 3.8) is 0 Å².